The molecule has 0 bridgehead atoms. The second-order valence-electron chi connectivity index (χ2n) is 6.58. The van der Waals surface area contributed by atoms with Gasteiger partial charge in [-0.25, -0.2) is 13.6 Å². The third-order valence-electron chi connectivity index (χ3n) is 4.44. The quantitative estimate of drug-likeness (QED) is 0.893. The number of hydrogen-bond donors (Lipinski definition) is 2. The minimum atomic E-state index is -0.919. The molecule has 1 saturated heterocycles. The molecule has 1 aliphatic rings. The number of amides is 2. The number of hydrogen-bond acceptors (Lipinski definition) is 2. The van der Waals surface area contributed by atoms with Crippen molar-refractivity contribution in [1.82, 2.24) is 10.2 Å². The Morgan fingerprint density at radius 1 is 1.30 bits per heavy atom. The van der Waals surface area contributed by atoms with Crippen molar-refractivity contribution >= 4 is 6.03 Å². The Bertz CT molecular complexity index is 564. The fourth-order valence-electron chi connectivity index (χ4n) is 2.93. The lowest BCUT2D eigenvalue weighted by Crippen LogP contribution is -2.42. The van der Waals surface area contributed by atoms with Gasteiger partial charge < -0.3 is 15.3 Å². The van der Waals surface area contributed by atoms with Crippen LogP contribution in [-0.2, 0) is 0 Å². The minimum Gasteiger partial charge on any atom is -0.393 e. The molecule has 0 aromatic heterocycles. The Balaban J connectivity index is 2.08. The third kappa shape index (κ3) is 4.19. The second-order valence-corrected chi connectivity index (χ2v) is 6.58. The Morgan fingerprint density at radius 3 is 2.52 bits per heavy atom. The van der Waals surface area contributed by atoms with Crippen LogP contribution in [0.2, 0.25) is 0 Å². The minimum absolute atomic E-state index is 0.0268. The van der Waals surface area contributed by atoms with E-state index in [1.165, 1.54) is 6.07 Å². The molecule has 128 valence electrons. The lowest BCUT2D eigenvalue weighted by Gasteiger charge is -2.26. The smallest absolute Gasteiger partial charge is 0.317 e. The predicted molar refractivity (Wildman–Crippen MR) is 83.8 cm³/mol. The number of rotatable bonds is 4. The lowest BCUT2D eigenvalue weighted by molar-refractivity contribution is 0.128. The van der Waals surface area contributed by atoms with E-state index in [2.05, 4.69) is 5.32 Å². The van der Waals surface area contributed by atoms with E-state index in [4.69, 9.17) is 0 Å². The van der Waals surface area contributed by atoms with Crippen molar-refractivity contribution in [3.63, 3.8) is 0 Å². The lowest BCUT2D eigenvalue weighted by atomic mass is 9.96. The van der Waals surface area contributed by atoms with Gasteiger partial charge in [-0.3, -0.25) is 0 Å². The van der Waals surface area contributed by atoms with Gasteiger partial charge in [0.2, 0.25) is 0 Å². The molecule has 1 aromatic carbocycles. The fraction of sp³-hybridized carbons (Fsp3) is 0.588. The maximum absolute atomic E-state index is 13.5. The van der Waals surface area contributed by atoms with Crippen LogP contribution in [-0.4, -0.2) is 35.2 Å². The van der Waals surface area contributed by atoms with E-state index in [0.717, 1.165) is 18.6 Å². The highest BCUT2D eigenvalue weighted by Crippen LogP contribution is 2.25. The first kappa shape index (κ1) is 17.7. The van der Waals surface area contributed by atoms with E-state index < -0.39 is 23.8 Å². The maximum atomic E-state index is 13.5. The van der Waals surface area contributed by atoms with Crippen molar-refractivity contribution in [1.29, 1.82) is 0 Å². The van der Waals surface area contributed by atoms with Gasteiger partial charge in [-0.05, 0) is 37.0 Å². The first-order valence-electron chi connectivity index (χ1n) is 7.98. The van der Waals surface area contributed by atoms with Crippen LogP contribution in [0.25, 0.3) is 0 Å². The molecule has 0 spiro atoms. The van der Waals surface area contributed by atoms with Crippen LogP contribution in [0.15, 0.2) is 18.2 Å². The number of nitrogens with zero attached hydrogens (tertiary/aromatic N) is 1. The first-order valence-corrected chi connectivity index (χ1v) is 7.98. The van der Waals surface area contributed by atoms with Crippen LogP contribution in [0.5, 0.6) is 0 Å². The number of halogens is 2. The summed E-state index contributed by atoms with van der Waals surface area (Å²) < 4.78 is 26.6. The van der Waals surface area contributed by atoms with Gasteiger partial charge in [-0.2, -0.15) is 0 Å². The van der Waals surface area contributed by atoms with Gasteiger partial charge in [-0.15, -0.1) is 0 Å². The molecule has 1 heterocycles. The largest absolute Gasteiger partial charge is 0.393 e. The van der Waals surface area contributed by atoms with Crippen LogP contribution in [0.3, 0.4) is 0 Å². The number of carbonyl (C=O) groups is 1. The molecule has 0 aliphatic carbocycles. The molecule has 3 unspecified atom stereocenters. The van der Waals surface area contributed by atoms with Crippen molar-refractivity contribution in [3.8, 4) is 0 Å². The summed E-state index contributed by atoms with van der Waals surface area (Å²) in [5.41, 5.74) is 0.540. The third-order valence-corrected chi connectivity index (χ3v) is 4.44. The van der Waals surface area contributed by atoms with Gasteiger partial charge in [0.1, 0.15) is 0 Å². The molecule has 3 atom stereocenters. The summed E-state index contributed by atoms with van der Waals surface area (Å²) in [5.74, 6) is -1.71. The summed E-state index contributed by atoms with van der Waals surface area (Å²) >= 11 is 0. The van der Waals surface area contributed by atoms with Crippen LogP contribution in [0, 0.1) is 23.5 Å². The summed E-state index contributed by atoms with van der Waals surface area (Å²) in [4.78, 5) is 14.1. The molecule has 0 saturated carbocycles. The Labute approximate surface area is 135 Å². The Hall–Kier alpha value is -1.69. The molecular weight excluding hydrogens is 302 g/mol. The number of carbonyl (C=O) groups excluding carboxylic acids is 1. The highest BCUT2D eigenvalue weighted by Gasteiger charge is 2.30. The molecular formula is C17H24F2N2O2. The van der Waals surface area contributed by atoms with Gasteiger partial charge in [0, 0.05) is 19.0 Å². The van der Waals surface area contributed by atoms with Gasteiger partial charge in [-0.1, -0.05) is 19.9 Å². The Morgan fingerprint density at radius 2 is 2.00 bits per heavy atom. The second kappa shape index (κ2) is 7.25. The number of aliphatic hydroxyl groups is 1. The molecule has 23 heavy (non-hydrogen) atoms. The van der Waals surface area contributed by atoms with Gasteiger partial charge in [0.05, 0.1) is 12.1 Å². The highest BCUT2D eigenvalue weighted by atomic mass is 19.2. The molecule has 0 radical (unpaired) electrons. The van der Waals surface area contributed by atoms with Crippen molar-refractivity contribution in [2.75, 3.05) is 13.1 Å². The van der Waals surface area contributed by atoms with E-state index in [-0.39, 0.29) is 17.9 Å². The molecule has 2 amide bonds. The average Bonchev–Trinajstić information content (AvgIpc) is 2.97. The number of likely N-dealkylation sites (tertiary alicyclic amines) is 1. The zero-order valence-corrected chi connectivity index (χ0v) is 13.7. The summed E-state index contributed by atoms with van der Waals surface area (Å²) in [6.45, 7) is 6.64. The summed E-state index contributed by atoms with van der Waals surface area (Å²) in [6, 6.07) is 3.06. The van der Waals surface area contributed by atoms with E-state index >= 15 is 0 Å². The number of aliphatic hydroxyl groups excluding tert-OH is 1. The van der Waals surface area contributed by atoms with Crippen LogP contribution >= 0.6 is 0 Å². The van der Waals surface area contributed by atoms with Crippen molar-refractivity contribution < 1.29 is 18.7 Å². The van der Waals surface area contributed by atoms with Crippen LogP contribution in [0.4, 0.5) is 13.6 Å². The normalized spacial score (nSPS) is 20.7. The highest BCUT2D eigenvalue weighted by molar-refractivity contribution is 5.75. The van der Waals surface area contributed by atoms with Crippen LogP contribution < -0.4 is 5.32 Å². The fourth-order valence-corrected chi connectivity index (χ4v) is 2.93. The molecule has 1 aliphatic heterocycles. The molecule has 1 aromatic rings. The zero-order chi connectivity index (χ0) is 17.1. The maximum Gasteiger partial charge on any atom is 0.317 e. The summed E-state index contributed by atoms with van der Waals surface area (Å²) in [7, 11) is 0. The van der Waals surface area contributed by atoms with Crippen LogP contribution in [0.1, 0.15) is 38.8 Å². The van der Waals surface area contributed by atoms with Crippen molar-refractivity contribution in [3.05, 3.63) is 35.4 Å². The zero-order valence-electron chi connectivity index (χ0n) is 13.7. The molecule has 6 heteroatoms. The number of urea groups is 1. The van der Waals surface area contributed by atoms with E-state index in [9.17, 15) is 18.7 Å². The van der Waals surface area contributed by atoms with Gasteiger partial charge in [0.25, 0.3) is 0 Å². The molecule has 1 fully saturated rings. The molecule has 2 rings (SSSR count). The SMILES string of the molecule is CC(C)C(NC(=O)N1CCC(C(C)O)C1)c1ccc(F)c(F)c1. The monoisotopic (exact) mass is 326 g/mol. The average molecular weight is 326 g/mol. The van der Waals surface area contributed by atoms with E-state index in [1.54, 1.807) is 11.8 Å². The van der Waals surface area contributed by atoms with E-state index in [0.29, 0.717) is 18.7 Å². The van der Waals surface area contributed by atoms with Gasteiger partial charge in [0.15, 0.2) is 11.6 Å². The molecule has 4 nitrogen and oxygen atoms in total. The topological polar surface area (TPSA) is 52.6 Å². The van der Waals surface area contributed by atoms with Crippen molar-refractivity contribution in [2.45, 2.75) is 39.3 Å². The standard InChI is InChI=1S/C17H24F2N2O2/c1-10(2)16(12-4-5-14(18)15(19)8-12)20-17(23)21-7-6-13(9-21)11(3)22/h4-5,8,10-11,13,16,22H,6-7,9H2,1-3H3,(H,20,23). The van der Waals surface area contributed by atoms with Gasteiger partial charge >= 0.3 is 6.03 Å². The number of benzene rings is 1. The first-order chi connectivity index (χ1) is 10.8. The van der Waals surface area contributed by atoms with Crippen molar-refractivity contribution in [2.24, 2.45) is 11.8 Å². The van der Waals surface area contributed by atoms with E-state index in [1.807, 2.05) is 13.8 Å². The number of nitrogens with one attached hydrogen (secondary N) is 1. The summed E-state index contributed by atoms with van der Waals surface area (Å²) in [5, 5.41) is 12.5. The Kier molecular flexibility index (Phi) is 5.57. The summed E-state index contributed by atoms with van der Waals surface area (Å²) in [6.07, 6.45) is 0.322. The predicted octanol–water partition coefficient (Wildman–Crippen LogP) is 3.07. The molecule has 2 N–H and O–H groups in total.